The van der Waals surface area contributed by atoms with Crippen molar-refractivity contribution < 1.29 is 13.2 Å². The molecule has 1 heterocycles. The largest absolute Gasteiger partial charge is 0.435 e. The van der Waals surface area contributed by atoms with Gasteiger partial charge in [-0.05, 0) is 36.8 Å². The highest BCUT2D eigenvalue weighted by molar-refractivity contribution is 9.10. The standard InChI is InChI=1S/C17H13BrF3N3/c1-10-2-8-13(9-3-10)24-16(22)14(15(23-24)17(19,20)21)11-4-6-12(18)7-5-11/h2-9H,22H2,1H3. The highest BCUT2D eigenvalue weighted by atomic mass is 79.9. The first-order valence-electron chi connectivity index (χ1n) is 7.06. The number of aromatic nitrogens is 2. The average molecular weight is 396 g/mol. The predicted molar refractivity (Wildman–Crippen MR) is 90.9 cm³/mol. The van der Waals surface area contributed by atoms with Gasteiger partial charge in [-0.2, -0.15) is 18.3 Å². The maximum atomic E-state index is 13.4. The van der Waals surface area contributed by atoms with Gasteiger partial charge in [0.05, 0.1) is 11.3 Å². The fourth-order valence-electron chi connectivity index (χ4n) is 2.41. The molecule has 3 aromatic rings. The summed E-state index contributed by atoms with van der Waals surface area (Å²) in [7, 11) is 0. The van der Waals surface area contributed by atoms with Crippen LogP contribution in [0.4, 0.5) is 19.0 Å². The molecule has 1 aromatic heterocycles. The Kier molecular flexibility index (Phi) is 4.13. The van der Waals surface area contributed by atoms with Crippen molar-refractivity contribution in [2.24, 2.45) is 0 Å². The Bertz CT molecular complexity index is 866. The molecule has 0 radical (unpaired) electrons. The molecule has 3 nitrogen and oxygen atoms in total. The number of aryl methyl sites for hydroxylation is 1. The van der Waals surface area contributed by atoms with E-state index in [1.165, 1.54) is 0 Å². The normalized spacial score (nSPS) is 11.7. The van der Waals surface area contributed by atoms with E-state index in [1.54, 1.807) is 48.5 Å². The van der Waals surface area contributed by atoms with E-state index in [4.69, 9.17) is 5.73 Å². The number of hydrogen-bond donors (Lipinski definition) is 1. The minimum atomic E-state index is -4.60. The van der Waals surface area contributed by atoms with Crippen LogP contribution in [-0.2, 0) is 6.18 Å². The Morgan fingerprint density at radius 1 is 1.00 bits per heavy atom. The van der Waals surface area contributed by atoms with Gasteiger partial charge in [0.1, 0.15) is 5.82 Å². The maximum Gasteiger partial charge on any atom is 0.435 e. The van der Waals surface area contributed by atoms with Crippen LogP contribution in [0.15, 0.2) is 53.0 Å². The van der Waals surface area contributed by atoms with Gasteiger partial charge < -0.3 is 5.73 Å². The molecule has 0 aliphatic rings. The first-order valence-corrected chi connectivity index (χ1v) is 7.85. The van der Waals surface area contributed by atoms with Crippen LogP contribution in [-0.4, -0.2) is 9.78 Å². The molecule has 0 fully saturated rings. The molecule has 0 saturated carbocycles. The fraction of sp³-hybridized carbons (Fsp3) is 0.118. The van der Waals surface area contributed by atoms with E-state index < -0.39 is 11.9 Å². The molecule has 0 atom stereocenters. The summed E-state index contributed by atoms with van der Waals surface area (Å²) in [5, 5.41) is 3.73. The SMILES string of the molecule is Cc1ccc(-n2nc(C(F)(F)F)c(-c3ccc(Br)cc3)c2N)cc1. The molecule has 0 spiro atoms. The van der Waals surface area contributed by atoms with E-state index in [0.29, 0.717) is 11.3 Å². The zero-order valence-electron chi connectivity index (χ0n) is 12.6. The van der Waals surface area contributed by atoms with Gasteiger partial charge in [0.2, 0.25) is 0 Å². The lowest BCUT2D eigenvalue weighted by Crippen LogP contribution is -2.08. The second-order valence-corrected chi connectivity index (χ2v) is 6.28. The second-order valence-electron chi connectivity index (χ2n) is 5.36. The Labute approximate surface area is 145 Å². The van der Waals surface area contributed by atoms with Gasteiger partial charge in [-0.1, -0.05) is 45.8 Å². The van der Waals surface area contributed by atoms with Crippen molar-refractivity contribution >= 4 is 21.7 Å². The quantitative estimate of drug-likeness (QED) is 0.646. The van der Waals surface area contributed by atoms with Crippen molar-refractivity contribution in [1.82, 2.24) is 9.78 Å². The molecule has 2 aromatic carbocycles. The van der Waals surface area contributed by atoms with Gasteiger partial charge in [-0.25, -0.2) is 4.68 Å². The van der Waals surface area contributed by atoms with Crippen LogP contribution in [0.1, 0.15) is 11.3 Å². The van der Waals surface area contributed by atoms with E-state index in [1.807, 2.05) is 6.92 Å². The number of nitrogens with two attached hydrogens (primary N) is 1. The Morgan fingerprint density at radius 2 is 1.58 bits per heavy atom. The third-order valence-corrected chi connectivity index (χ3v) is 4.13. The van der Waals surface area contributed by atoms with Gasteiger partial charge in [0.15, 0.2) is 5.69 Å². The Hall–Kier alpha value is -2.28. The lowest BCUT2D eigenvalue weighted by molar-refractivity contribution is -0.140. The fourth-order valence-corrected chi connectivity index (χ4v) is 2.68. The molecule has 24 heavy (non-hydrogen) atoms. The maximum absolute atomic E-state index is 13.4. The molecule has 124 valence electrons. The van der Waals surface area contributed by atoms with Gasteiger partial charge in [-0.3, -0.25) is 0 Å². The van der Waals surface area contributed by atoms with Crippen LogP contribution in [0.5, 0.6) is 0 Å². The molecule has 0 amide bonds. The highest BCUT2D eigenvalue weighted by Crippen LogP contribution is 2.40. The van der Waals surface area contributed by atoms with Crippen LogP contribution in [0.2, 0.25) is 0 Å². The first-order chi connectivity index (χ1) is 11.3. The molecular weight excluding hydrogens is 383 g/mol. The summed E-state index contributed by atoms with van der Waals surface area (Å²) >= 11 is 3.27. The van der Waals surface area contributed by atoms with Gasteiger partial charge in [0.25, 0.3) is 0 Å². The van der Waals surface area contributed by atoms with Crippen LogP contribution in [0.3, 0.4) is 0 Å². The summed E-state index contributed by atoms with van der Waals surface area (Å²) in [6, 6.07) is 13.4. The van der Waals surface area contributed by atoms with E-state index in [0.717, 1.165) is 14.7 Å². The first kappa shape index (κ1) is 16.6. The predicted octanol–water partition coefficient (Wildman–Crippen LogP) is 5.21. The van der Waals surface area contributed by atoms with Gasteiger partial charge >= 0.3 is 6.18 Å². The van der Waals surface area contributed by atoms with E-state index in [9.17, 15) is 13.2 Å². The lowest BCUT2D eigenvalue weighted by Gasteiger charge is -2.07. The zero-order valence-corrected chi connectivity index (χ0v) is 14.2. The number of rotatable bonds is 2. The summed E-state index contributed by atoms with van der Waals surface area (Å²) in [6.45, 7) is 1.89. The summed E-state index contributed by atoms with van der Waals surface area (Å²) in [5.74, 6) is -0.0477. The van der Waals surface area contributed by atoms with Crippen molar-refractivity contribution in [2.75, 3.05) is 5.73 Å². The topological polar surface area (TPSA) is 43.8 Å². The number of alkyl halides is 3. The van der Waals surface area contributed by atoms with Gasteiger partial charge in [0, 0.05) is 4.47 Å². The number of anilines is 1. The minimum absolute atomic E-state index is 0.0477. The number of nitrogens with zero attached hydrogens (tertiary/aromatic N) is 2. The van der Waals surface area contributed by atoms with Crippen molar-refractivity contribution in [3.05, 3.63) is 64.3 Å². The van der Waals surface area contributed by atoms with Crippen molar-refractivity contribution in [3.8, 4) is 16.8 Å². The van der Waals surface area contributed by atoms with Crippen LogP contribution in [0, 0.1) is 6.92 Å². The van der Waals surface area contributed by atoms with Crippen LogP contribution >= 0.6 is 15.9 Å². The van der Waals surface area contributed by atoms with E-state index in [2.05, 4.69) is 21.0 Å². The Balaban J connectivity index is 2.23. The van der Waals surface area contributed by atoms with Gasteiger partial charge in [-0.15, -0.1) is 0 Å². The summed E-state index contributed by atoms with van der Waals surface area (Å²) < 4.78 is 42.2. The smallest absolute Gasteiger partial charge is 0.383 e. The molecule has 0 aliphatic heterocycles. The third kappa shape index (κ3) is 3.03. The molecule has 0 bridgehead atoms. The number of nitrogen functional groups attached to an aromatic ring is 1. The number of hydrogen-bond acceptors (Lipinski definition) is 2. The van der Waals surface area contributed by atoms with E-state index >= 15 is 0 Å². The van der Waals surface area contributed by atoms with Crippen molar-refractivity contribution in [2.45, 2.75) is 13.1 Å². The lowest BCUT2D eigenvalue weighted by atomic mass is 10.1. The second kappa shape index (κ2) is 5.98. The van der Waals surface area contributed by atoms with Crippen LogP contribution in [0.25, 0.3) is 16.8 Å². The van der Waals surface area contributed by atoms with Crippen molar-refractivity contribution in [1.29, 1.82) is 0 Å². The summed E-state index contributed by atoms with van der Waals surface area (Å²) in [6.07, 6.45) is -4.60. The van der Waals surface area contributed by atoms with Crippen LogP contribution < -0.4 is 5.73 Å². The number of halogens is 4. The molecule has 0 saturated heterocycles. The third-order valence-electron chi connectivity index (χ3n) is 3.60. The van der Waals surface area contributed by atoms with Crippen molar-refractivity contribution in [3.63, 3.8) is 0 Å². The molecular formula is C17H13BrF3N3. The molecule has 0 aliphatic carbocycles. The Morgan fingerprint density at radius 3 is 2.12 bits per heavy atom. The molecule has 7 heteroatoms. The number of benzene rings is 2. The van der Waals surface area contributed by atoms with E-state index in [-0.39, 0.29) is 11.4 Å². The molecule has 2 N–H and O–H groups in total. The average Bonchev–Trinajstić information content (AvgIpc) is 2.87. The highest BCUT2D eigenvalue weighted by Gasteiger charge is 2.39. The monoisotopic (exact) mass is 395 g/mol. The molecule has 0 unspecified atom stereocenters. The molecule has 3 rings (SSSR count). The summed E-state index contributed by atoms with van der Waals surface area (Å²) in [4.78, 5) is 0. The minimum Gasteiger partial charge on any atom is -0.383 e. The zero-order chi connectivity index (χ0) is 17.5. The summed E-state index contributed by atoms with van der Waals surface area (Å²) in [5.41, 5.74) is 6.75.